The Labute approximate surface area is 123 Å². The summed E-state index contributed by atoms with van der Waals surface area (Å²) in [5.41, 5.74) is 2.43. The van der Waals surface area contributed by atoms with Crippen molar-refractivity contribution in [2.24, 2.45) is 0 Å². The van der Waals surface area contributed by atoms with E-state index in [9.17, 15) is 0 Å². The Morgan fingerprint density at radius 1 is 1.35 bits per heavy atom. The number of anilines is 1. The Morgan fingerprint density at radius 2 is 2.15 bits per heavy atom. The molecule has 0 radical (unpaired) electrons. The molecule has 20 heavy (non-hydrogen) atoms. The van der Waals surface area contributed by atoms with Gasteiger partial charge in [-0.3, -0.25) is 0 Å². The smallest absolute Gasteiger partial charge is 0.129 e. The first-order valence-corrected chi connectivity index (χ1v) is 7.72. The van der Waals surface area contributed by atoms with Gasteiger partial charge in [0.15, 0.2) is 0 Å². The zero-order valence-electron chi connectivity index (χ0n) is 13.3. The Kier molecular flexibility index (Phi) is 5.38. The highest BCUT2D eigenvalue weighted by atomic mass is 15.3. The van der Waals surface area contributed by atoms with Crippen LogP contribution >= 0.6 is 0 Å². The third-order valence-corrected chi connectivity index (χ3v) is 4.22. The van der Waals surface area contributed by atoms with Crippen molar-refractivity contribution in [1.29, 1.82) is 0 Å². The first-order chi connectivity index (χ1) is 9.65. The van der Waals surface area contributed by atoms with Crippen molar-refractivity contribution < 1.29 is 0 Å². The highest BCUT2D eigenvalue weighted by Crippen LogP contribution is 2.21. The molecular weight excluding hydrogens is 248 g/mol. The number of pyridine rings is 1. The summed E-state index contributed by atoms with van der Waals surface area (Å²) in [6.07, 6.45) is 2.38. The van der Waals surface area contributed by atoms with Crippen molar-refractivity contribution in [2.75, 3.05) is 38.6 Å². The van der Waals surface area contributed by atoms with Crippen molar-refractivity contribution in [3.8, 4) is 0 Å². The number of hydrogen-bond acceptors (Lipinski definition) is 4. The van der Waals surface area contributed by atoms with Gasteiger partial charge in [0, 0.05) is 31.4 Å². The van der Waals surface area contributed by atoms with Gasteiger partial charge >= 0.3 is 0 Å². The maximum Gasteiger partial charge on any atom is 0.129 e. The molecule has 2 heterocycles. The summed E-state index contributed by atoms with van der Waals surface area (Å²) >= 11 is 0. The summed E-state index contributed by atoms with van der Waals surface area (Å²) in [6, 6.07) is 4.98. The molecule has 0 bridgehead atoms. The van der Waals surface area contributed by atoms with E-state index in [0.717, 1.165) is 31.1 Å². The average molecular weight is 276 g/mol. The molecule has 0 amide bonds. The molecule has 4 nitrogen and oxygen atoms in total. The molecule has 1 aromatic heterocycles. The van der Waals surface area contributed by atoms with E-state index in [4.69, 9.17) is 4.98 Å². The van der Waals surface area contributed by atoms with Gasteiger partial charge in [0.05, 0.1) is 0 Å². The lowest BCUT2D eigenvalue weighted by molar-refractivity contribution is 0.327. The minimum atomic E-state index is 0.574. The molecule has 0 saturated carbocycles. The van der Waals surface area contributed by atoms with Gasteiger partial charge in [-0.05, 0) is 52.0 Å². The number of likely N-dealkylation sites (N-methyl/N-ethyl adjacent to an activating group) is 1. The van der Waals surface area contributed by atoms with Crippen LogP contribution in [0, 0.1) is 6.92 Å². The molecule has 1 unspecified atom stereocenters. The molecule has 0 aromatic carbocycles. The van der Waals surface area contributed by atoms with E-state index in [-0.39, 0.29) is 0 Å². The molecule has 0 spiro atoms. The summed E-state index contributed by atoms with van der Waals surface area (Å²) in [5.74, 6) is 1.14. The second kappa shape index (κ2) is 7.04. The van der Waals surface area contributed by atoms with Crippen LogP contribution in [0.5, 0.6) is 0 Å². The molecule has 0 aliphatic carbocycles. The fourth-order valence-electron chi connectivity index (χ4n) is 3.01. The lowest BCUT2D eigenvalue weighted by Gasteiger charge is -2.31. The van der Waals surface area contributed by atoms with Gasteiger partial charge in [0.1, 0.15) is 5.82 Å². The number of aromatic nitrogens is 1. The first kappa shape index (κ1) is 15.3. The number of rotatable bonds is 4. The van der Waals surface area contributed by atoms with Crippen molar-refractivity contribution >= 4 is 5.82 Å². The van der Waals surface area contributed by atoms with Crippen LogP contribution in [0.1, 0.15) is 31.0 Å². The second-order valence-corrected chi connectivity index (χ2v) is 5.82. The molecule has 1 saturated heterocycles. The van der Waals surface area contributed by atoms with Crippen LogP contribution in [0.3, 0.4) is 0 Å². The highest BCUT2D eigenvalue weighted by molar-refractivity contribution is 5.43. The lowest BCUT2D eigenvalue weighted by Crippen LogP contribution is -2.40. The van der Waals surface area contributed by atoms with Crippen LogP contribution in [-0.2, 0) is 6.54 Å². The Bertz CT molecular complexity index is 432. The van der Waals surface area contributed by atoms with Crippen molar-refractivity contribution in [1.82, 2.24) is 15.2 Å². The standard InChI is InChI=1S/C16H28N4/c1-5-15-12-19(4)9-6-10-20(15)16-8-7-14(11-17-3)13(2)18-16/h7-8,15,17H,5-6,9-12H2,1-4H3. The number of nitrogens with zero attached hydrogens (tertiary/aromatic N) is 3. The van der Waals surface area contributed by atoms with Gasteiger partial charge in [-0.15, -0.1) is 0 Å². The molecule has 2 rings (SSSR count). The van der Waals surface area contributed by atoms with Crippen molar-refractivity contribution in [3.05, 3.63) is 23.4 Å². The monoisotopic (exact) mass is 276 g/mol. The van der Waals surface area contributed by atoms with E-state index >= 15 is 0 Å². The van der Waals surface area contributed by atoms with E-state index in [0.29, 0.717) is 6.04 Å². The third kappa shape index (κ3) is 3.49. The first-order valence-electron chi connectivity index (χ1n) is 7.72. The van der Waals surface area contributed by atoms with Gasteiger partial charge in [0.25, 0.3) is 0 Å². The van der Waals surface area contributed by atoms with Gasteiger partial charge in [0.2, 0.25) is 0 Å². The van der Waals surface area contributed by atoms with E-state index in [1.54, 1.807) is 0 Å². The summed E-state index contributed by atoms with van der Waals surface area (Å²) < 4.78 is 0. The molecule has 112 valence electrons. The lowest BCUT2D eigenvalue weighted by atomic mass is 10.1. The summed E-state index contributed by atoms with van der Waals surface area (Å²) in [7, 11) is 4.20. The Morgan fingerprint density at radius 3 is 2.80 bits per heavy atom. The maximum atomic E-state index is 4.85. The van der Waals surface area contributed by atoms with E-state index in [1.807, 2.05) is 7.05 Å². The molecule has 4 heteroatoms. The fourth-order valence-corrected chi connectivity index (χ4v) is 3.01. The van der Waals surface area contributed by atoms with Crippen LogP contribution in [0.25, 0.3) is 0 Å². The predicted octanol–water partition coefficient (Wildman–Crippen LogP) is 2.03. The van der Waals surface area contributed by atoms with E-state index < -0.39 is 0 Å². The highest BCUT2D eigenvalue weighted by Gasteiger charge is 2.23. The Balaban J connectivity index is 2.21. The van der Waals surface area contributed by atoms with E-state index in [1.165, 1.54) is 24.9 Å². The van der Waals surface area contributed by atoms with Gasteiger partial charge in [-0.2, -0.15) is 0 Å². The summed E-state index contributed by atoms with van der Waals surface area (Å²) in [4.78, 5) is 9.79. The van der Waals surface area contributed by atoms with Crippen molar-refractivity contribution in [3.63, 3.8) is 0 Å². The normalized spacial score (nSPS) is 21.0. The van der Waals surface area contributed by atoms with Crippen LogP contribution in [0.2, 0.25) is 0 Å². The zero-order chi connectivity index (χ0) is 14.5. The Hall–Kier alpha value is -1.13. The largest absolute Gasteiger partial charge is 0.352 e. The van der Waals surface area contributed by atoms with Gasteiger partial charge in [-0.25, -0.2) is 4.98 Å². The van der Waals surface area contributed by atoms with Crippen molar-refractivity contribution in [2.45, 2.75) is 39.3 Å². The number of aryl methyl sites for hydroxylation is 1. The molecule has 1 aliphatic heterocycles. The molecule has 1 N–H and O–H groups in total. The molecule has 1 fully saturated rings. The maximum absolute atomic E-state index is 4.85. The number of nitrogens with one attached hydrogen (secondary N) is 1. The fraction of sp³-hybridized carbons (Fsp3) is 0.688. The quantitative estimate of drug-likeness (QED) is 0.912. The molecular formula is C16H28N4. The summed E-state index contributed by atoms with van der Waals surface area (Å²) in [5, 5.41) is 3.20. The molecule has 1 atom stereocenters. The predicted molar refractivity (Wildman–Crippen MR) is 85.3 cm³/mol. The minimum Gasteiger partial charge on any atom is -0.352 e. The van der Waals surface area contributed by atoms with Crippen LogP contribution in [0.4, 0.5) is 5.82 Å². The summed E-state index contributed by atoms with van der Waals surface area (Å²) in [6.45, 7) is 8.71. The number of hydrogen-bond donors (Lipinski definition) is 1. The third-order valence-electron chi connectivity index (χ3n) is 4.22. The SMILES string of the molecule is CCC1CN(C)CCCN1c1ccc(CNC)c(C)n1. The van der Waals surface area contributed by atoms with Gasteiger partial charge in [-0.1, -0.05) is 13.0 Å². The second-order valence-electron chi connectivity index (χ2n) is 5.82. The van der Waals surface area contributed by atoms with Crippen LogP contribution < -0.4 is 10.2 Å². The zero-order valence-corrected chi connectivity index (χ0v) is 13.3. The molecule has 1 aliphatic rings. The van der Waals surface area contributed by atoms with Gasteiger partial charge < -0.3 is 15.1 Å². The van der Waals surface area contributed by atoms with Crippen LogP contribution in [0.15, 0.2) is 12.1 Å². The topological polar surface area (TPSA) is 31.4 Å². The average Bonchev–Trinajstić information content (AvgIpc) is 2.62. The van der Waals surface area contributed by atoms with E-state index in [2.05, 4.69) is 48.1 Å². The van der Waals surface area contributed by atoms with Crippen LogP contribution in [-0.4, -0.2) is 49.7 Å². The molecule has 1 aromatic rings. The minimum absolute atomic E-state index is 0.574.